The number of allylic oxidation sites excluding steroid dienone is 2. The van der Waals surface area contributed by atoms with Gasteiger partial charge in [-0.2, -0.15) is 8.78 Å². The van der Waals surface area contributed by atoms with Crippen LogP contribution in [0.15, 0.2) is 52.6 Å². The number of dihydropyridines is 1. The highest BCUT2D eigenvalue weighted by molar-refractivity contribution is 6.21. The first kappa shape index (κ1) is 19.2. The second-order valence-electron chi connectivity index (χ2n) is 7.63. The molecule has 150 valence electrons. The zero-order valence-electron chi connectivity index (χ0n) is 16.4. The normalized spacial score (nSPS) is 23.2. The number of likely N-dealkylation sites (N-methyl/N-ethyl adjacent to an activating group) is 1. The Balaban J connectivity index is 1.86. The fraction of sp³-hybridized carbons (Fsp3) is 0.318. The number of halogens is 2. The summed E-state index contributed by atoms with van der Waals surface area (Å²) in [5.41, 5.74) is 2.29. The predicted molar refractivity (Wildman–Crippen MR) is 108 cm³/mol. The molecule has 1 aromatic carbocycles. The molecule has 3 aliphatic heterocycles. The predicted octanol–water partition coefficient (Wildman–Crippen LogP) is 3.33. The molecule has 0 saturated heterocycles. The molecule has 0 fully saturated rings. The number of hydrogen-bond donors (Lipinski definition) is 0. The SMILES string of the molecule is CC(C)N1CC(=C2C=CCN=C2)C=C(c2ccc3c(c2)C(F)(F)C(=O)N3C)C1=O. The largest absolute Gasteiger partial charge is 0.352 e. The van der Waals surface area contributed by atoms with E-state index in [0.29, 0.717) is 24.2 Å². The van der Waals surface area contributed by atoms with Gasteiger partial charge in [0, 0.05) is 31.4 Å². The molecular formula is C22H21F2N3O2. The number of carbonyl (C=O) groups excluding carboxylic acids is 2. The van der Waals surface area contributed by atoms with Gasteiger partial charge in [-0.3, -0.25) is 14.6 Å². The number of amides is 2. The van der Waals surface area contributed by atoms with Crippen LogP contribution in [-0.4, -0.2) is 49.1 Å². The third-order valence-electron chi connectivity index (χ3n) is 5.46. The minimum atomic E-state index is -3.60. The molecule has 1 aromatic rings. The molecule has 0 aromatic heterocycles. The van der Waals surface area contributed by atoms with Gasteiger partial charge in [0.1, 0.15) is 0 Å². The molecule has 0 radical (unpaired) electrons. The number of anilines is 1. The first-order valence-electron chi connectivity index (χ1n) is 9.45. The van der Waals surface area contributed by atoms with Crippen LogP contribution in [0.2, 0.25) is 0 Å². The van der Waals surface area contributed by atoms with Crippen molar-refractivity contribution < 1.29 is 18.4 Å². The van der Waals surface area contributed by atoms with Crippen molar-refractivity contribution in [2.75, 3.05) is 25.0 Å². The molecule has 0 atom stereocenters. The van der Waals surface area contributed by atoms with Crippen molar-refractivity contribution >= 4 is 29.3 Å². The third-order valence-corrected chi connectivity index (χ3v) is 5.46. The maximum absolute atomic E-state index is 14.5. The van der Waals surface area contributed by atoms with Crippen molar-refractivity contribution in [2.45, 2.75) is 25.8 Å². The van der Waals surface area contributed by atoms with Crippen LogP contribution >= 0.6 is 0 Å². The minimum absolute atomic E-state index is 0.0603. The van der Waals surface area contributed by atoms with Gasteiger partial charge in [0.15, 0.2) is 0 Å². The van der Waals surface area contributed by atoms with Gasteiger partial charge in [0.25, 0.3) is 5.91 Å². The van der Waals surface area contributed by atoms with Gasteiger partial charge in [-0.05, 0) is 48.8 Å². The Kier molecular flexibility index (Phi) is 4.48. The number of benzene rings is 1. The van der Waals surface area contributed by atoms with E-state index in [1.807, 2.05) is 26.0 Å². The number of nitrogens with zero attached hydrogens (tertiary/aromatic N) is 3. The van der Waals surface area contributed by atoms with E-state index < -0.39 is 11.8 Å². The van der Waals surface area contributed by atoms with E-state index in [4.69, 9.17) is 0 Å². The molecule has 7 heteroatoms. The highest BCUT2D eigenvalue weighted by Gasteiger charge is 2.51. The van der Waals surface area contributed by atoms with Gasteiger partial charge in [-0.1, -0.05) is 18.2 Å². The summed E-state index contributed by atoms with van der Waals surface area (Å²) in [6.45, 7) is 4.87. The van der Waals surface area contributed by atoms with Crippen LogP contribution in [0.4, 0.5) is 14.5 Å². The lowest BCUT2D eigenvalue weighted by molar-refractivity contribution is -0.141. The number of fused-ring (bicyclic) bond motifs is 1. The lowest BCUT2D eigenvalue weighted by Gasteiger charge is -2.33. The highest BCUT2D eigenvalue weighted by Crippen LogP contribution is 2.44. The second kappa shape index (κ2) is 6.76. The summed E-state index contributed by atoms with van der Waals surface area (Å²) >= 11 is 0. The van der Waals surface area contributed by atoms with Gasteiger partial charge in [-0.15, -0.1) is 0 Å². The zero-order valence-corrected chi connectivity index (χ0v) is 16.4. The van der Waals surface area contributed by atoms with E-state index in [9.17, 15) is 18.4 Å². The smallest absolute Gasteiger partial charge is 0.332 e. The minimum Gasteiger partial charge on any atom is -0.332 e. The Bertz CT molecular complexity index is 1020. The van der Waals surface area contributed by atoms with E-state index in [2.05, 4.69) is 4.99 Å². The summed E-state index contributed by atoms with van der Waals surface area (Å²) in [5.74, 6) is -5.08. The lowest BCUT2D eigenvalue weighted by Crippen LogP contribution is -2.41. The summed E-state index contributed by atoms with van der Waals surface area (Å²) in [6.07, 6.45) is 7.40. The van der Waals surface area contributed by atoms with Gasteiger partial charge in [0.2, 0.25) is 0 Å². The van der Waals surface area contributed by atoms with Crippen LogP contribution in [0.25, 0.3) is 5.57 Å². The van der Waals surface area contributed by atoms with E-state index in [1.54, 1.807) is 23.3 Å². The lowest BCUT2D eigenvalue weighted by atomic mass is 9.92. The fourth-order valence-corrected chi connectivity index (χ4v) is 3.80. The molecule has 0 aliphatic carbocycles. The van der Waals surface area contributed by atoms with Crippen molar-refractivity contribution in [3.8, 4) is 0 Å². The molecule has 2 amide bonds. The number of carbonyl (C=O) groups is 2. The Morgan fingerprint density at radius 3 is 2.62 bits per heavy atom. The summed E-state index contributed by atoms with van der Waals surface area (Å²) in [6, 6.07) is 4.29. The standard InChI is InChI=1S/C22H21F2N3O2/c1-13(2)27-12-16(15-5-4-8-25-11-15)9-17(20(27)28)14-6-7-19-18(10-14)22(23,24)21(29)26(19)3/h4-7,9-11,13H,8,12H2,1-3H3. The molecule has 0 unspecified atom stereocenters. The highest BCUT2D eigenvalue weighted by atomic mass is 19.3. The number of alkyl halides is 2. The Labute approximate surface area is 167 Å². The van der Waals surface area contributed by atoms with Crippen molar-refractivity contribution in [3.05, 3.63) is 58.7 Å². The fourth-order valence-electron chi connectivity index (χ4n) is 3.80. The van der Waals surface area contributed by atoms with Gasteiger partial charge < -0.3 is 9.80 Å². The number of aliphatic imine (C=N–C) groups is 1. The molecule has 29 heavy (non-hydrogen) atoms. The molecule has 3 heterocycles. The van der Waals surface area contributed by atoms with Gasteiger partial charge in [-0.25, -0.2) is 0 Å². The average Bonchev–Trinajstić information content (AvgIpc) is 2.88. The van der Waals surface area contributed by atoms with Crippen LogP contribution in [0.1, 0.15) is 25.0 Å². The summed E-state index contributed by atoms with van der Waals surface area (Å²) in [5, 5.41) is 0. The van der Waals surface area contributed by atoms with E-state index in [0.717, 1.165) is 16.0 Å². The van der Waals surface area contributed by atoms with Crippen LogP contribution in [0.3, 0.4) is 0 Å². The summed E-state index contributed by atoms with van der Waals surface area (Å²) in [7, 11) is 1.32. The maximum atomic E-state index is 14.5. The van der Waals surface area contributed by atoms with Crippen LogP contribution < -0.4 is 4.90 Å². The second-order valence-corrected chi connectivity index (χ2v) is 7.63. The monoisotopic (exact) mass is 397 g/mol. The van der Waals surface area contributed by atoms with Crippen molar-refractivity contribution in [3.63, 3.8) is 0 Å². The topological polar surface area (TPSA) is 53.0 Å². The molecule has 4 rings (SSSR count). The molecule has 3 aliphatic rings. The number of hydrogen-bond acceptors (Lipinski definition) is 3. The quantitative estimate of drug-likeness (QED) is 0.769. The maximum Gasteiger partial charge on any atom is 0.352 e. The molecule has 0 N–H and O–H groups in total. The Morgan fingerprint density at radius 2 is 1.97 bits per heavy atom. The third kappa shape index (κ3) is 3.01. The van der Waals surface area contributed by atoms with Crippen molar-refractivity contribution in [2.24, 2.45) is 4.99 Å². The first-order valence-corrected chi connectivity index (χ1v) is 9.45. The Morgan fingerprint density at radius 1 is 1.21 bits per heavy atom. The molecule has 0 saturated carbocycles. The Hall–Kier alpha value is -3.09. The van der Waals surface area contributed by atoms with Crippen LogP contribution in [-0.2, 0) is 15.5 Å². The molecular weight excluding hydrogens is 376 g/mol. The van der Waals surface area contributed by atoms with E-state index >= 15 is 0 Å². The summed E-state index contributed by atoms with van der Waals surface area (Å²) in [4.78, 5) is 31.9. The first-order chi connectivity index (χ1) is 13.7. The average molecular weight is 397 g/mol. The van der Waals surface area contributed by atoms with Crippen LogP contribution in [0.5, 0.6) is 0 Å². The molecule has 0 spiro atoms. The van der Waals surface area contributed by atoms with Crippen LogP contribution in [0, 0.1) is 0 Å². The van der Waals surface area contributed by atoms with Gasteiger partial charge >= 0.3 is 11.8 Å². The van der Waals surface area contributed by atoms with Crippen molar-refractivity contribution in [1.82, 2.24) is 4.90 Å². The van der Waals surface area contributed by atoms with Crippen molar-refractivity contribution in [1.29, 1.82) is 0 Å². The van der Waals surface area contributed by atoms with E-state index in [1.165, 1.54) is 19.2 Å². The molecule has 0 bridgehead atoms. The molecule has 5 nitrogen and oxygen atoms in total. The number of rotatable bonds is 2. The summed E-state index contributed by atoms with van der Waals surface area (Å²) < 4.78 is 28.9. The zero-order chi connectivity index (χ0) is 20.9. The van der Waals surface area contributed by atoms with Gasteiger partial charge in [0.05, 0.1) is 17.8 Å². The van der Waals surface area contributed by atoms with E-state index in [-0.39, 0.29) is 23.2 Å².